The molecular formula is C5H10BNO2. The van der Waals surface area contributed by atoms with Crippen molar-refractivity contribution >= 4 is 13.9 Å². The molecule has 2 radical (unpaired) electrons. The Balaban J connectivity index is 3.46. The minimum Gasteiger partial charge on any atom is -0.450 e. The molecule has 0 aromatic rings. The van der Waals surface area contributed by atoms with E-state index in [9.17, 15) is 4.79 Å². The van der Waals surface area contributed by atoms with E-state index in [4.69, 9.17) is 7.85 Å². The molecule has 0 saturated heterocycles. The van der Waals surface area contributed by atoms with E-state index in [1.165, 1.54) is 4.90 Å². The molecule has 0 heterocycles. The molecule has 0 unspecified atom stereocenters. The van der Waals surface area contributed by atoms with E-state index in [0.29, 0.717) is 6.61 Å². The maximum absolute atomic E-state index is 10.6. The van der Waals surface area contributed by atoms with Crippen LogP contribution in [-0.4, -0.2) is 38.9 Å². The van der Waals surface area contributed by atoms with E-state index >= 15 is 0 Å². The predicted molar refractivity (Wildman–Crippen MR) is 35.4 cm³/mol. The number of rotatable bonds is 2. The van der Waals surface area contributed by atoms with Crippen LogP contribution in [0.4, 0.5) is 4.79 Å². The summed E-state index contributed by atoms with van der Waals surface area (Å²) in [4.78, 5) is 11.9. The van der Waals surface area contributed by atoms with E-state index in [-0.39, 0.29) is 12.5 Å². The van der Waals surface area contributed by atoms with E-state index in [1.807, 2.05) is 0 Å². The topological polar surface area (TPSA) is 29.5 Å². The maximum atomic E-state index is 10.6. The Morgan fingerprint density at radius 3 is 2.67 bits per heavy atom. The normalized spacial score (nSPS) is 8.67. The Morgan fingerprint density at radius 2 is 2.33 bits per heavy atom. The fraction of sp³-hybridized carbons (Fsp3) is 0.800. The number of amides is 1. The largest absolute Gasteiger partial charge is 0.450 e. The predicted octanol–water partition coefficient (Wildman–Crippen LogP) is 0.201. The van der Waals surface area contributed by atoms with Crippen LogP contribution < -0.4 is 0 Å². The fourth-order valence-electron chi connectivity index (χ4n) is 0.308. The van der Waals surface area contributed by atoms with Gasteiger partial charge in [-0.3, -0.25) is 0 Å². The third-order valence-electron chi connectivity index (χ3n) is 0.853. The zero-order valence-electron chi connectivity index (χ0n) is 5.76. The molecule has 0 aliphatic carbocycles. The maximum Gasteiger partial charge on any atom is 0.408 e. The van der Waals surface area contributed by atoms with Crippen LogP contribution in [0.15, 0.2) is 0 Å². The van der Waals surface area contributed by atoms with Gasteiger partial charge >= 0.3 is 6.09 Å². The van der Waals surface area contributed by atoms with E-state index in [1.54, 1.807) is 14.0 Å². The molecule has 3 nitrogen and oxygen atoms in total. The highest BCUT2D eigenvalue weighted by molar-refractivity contribution is 6.09. The highest BCUT2D eigenvalue weighted by Crippen LogP contribution is 1.85. The summed E-state index contributed by atoms with van der Waals surface area (Å²) in [5.41, 5.74) is 0. The summed E-state index contributed by atoms with van der Waals surface area (Å²) in [6, 6.07) is 0. The molecule has 0 aliphatic heterocycles. The average Bonchev–Trinajstić information content (AvgIpc) is 1.87. The van der Waals surface area contributed by atoms with Crippen LogP contribution in [-0.2, 0) is 4.74 Å². The van der Waals surface area contributed by atoms with Crippen LogP contribution in [0.1, 0.15) is 6.92 Å². The molecule has 0 aromatic heterocycles. The van der Waals surface area contributed by atoms with Crippen molar-refractivity contribution in [2.45, 2.75) is 6.92 Å². The van der Waals surface area contributed by atoms with Gasteiger partial charge < -0.3 is 9.64 Å². The summed E-state index contributed by atoms with van der Waals surface area (Å²) in [5.74, 6) is 0. The third kappa shape index (κ3) is 3.01. The van der Waals surface area contributed by atoms with Gasteiger partial charge in [0.1, 0.15) is 0 Å². The van der Waals surface area contributed by atoms with Crippen molar-refractivity contribution in [2.75, 3.05) is 20.1 Å². The van der Waals surface area contributed by atoms with Crippen molar-refractivity contribution in [3.8, 4) is 0 Å². The second kappa shape index (κ2) is 4.24. The average molecular weight is 127 g/mol. The Morgan fingerprint density at radius 1 is 1.78 bits per heavy atom. The van der Waals surface area contributed by atoms with Crippen LogP contribution in [0, 0.1) is 0 Å². The zero-order valence-corrected chi connectivity index (χ0v) is 5.76. The monoisotopic (exact) mass is 127 g/mol. The fourth-order valence-corrected chi connectivity index (χ4v) is 0.308. The van der Waals surface area contributed by atoms with Gasteiger partial charge in [-0.15, -0.1) is 0 Å². The number of hydrogen-bond acceptors (Lipinski definition) is 2. The van der Waals surface area contributed by atoms with Crippen LogP contribution >= 0.6 is 0 Å². The number of carbonyl (C=O) groups is 1. The number of carbonyl (C=O) groups excluding carboxylic acids is 1. The SMILES string of the molecule is [B]CN(C)C(=O)OCC. The lowest BCUT2D eigenvalue weighted by Gasteiger charge is -2.12. The van der Waals surface area contributed by atoms with Crippen molar-refractivity contribution in [1.29, 1.82) is 0 Å². The first-order valence-electron chi connectivity index (χ1n) is 2.80. The highest BCUT2D eigenvalue weighted by Gasteiger charge is 2.03. The lowest BCUT2D eigenvalue weighted by atomic mass is 10.1. The summed E-state index contributed by atoms with van der Waals surface area (Å²) < 4.78 is 4.60. The molecule has 0 saturated carbocycles. The standard InChI is InChI=1S/C5H10BNO2/c1-3-9-5(8)7(2)4-6/h3-4H2,1-2H3. The highest BCUT2D eigenvalue weighted by atomic mass is 16.5. The summed E-state index contributed by atoms with van der Waals surface area (Å²) in [5, 5.41) is 0. The second-order valence-electron chi connectivity index (χ2n) is 1.58. The van der Waals surface area contributed by atoms with E-state index in [2.05, 4.69) is 4.74 Å². The summed E-state index contributed by atoms with van der Waals surface area (Å²) in [6.45, 7) is 2.14. The van der Waals surface area contributed by atoms with Crippen molar-refractivity contribution in [3.05, 3.63) is 0 Å². The molecule has 0 fully saturated rings. The van der Waals surface area contributed by atoms with E-state index < -0.39 is 0 Å². The van der Waals surface area contributed by atoms with Gasteiger partial charge in [0, 0.05) is 7.05 Å². The molecule has 9 heavy (non-hydrogen) atoms. The first-order valence-corrected chi connectivity index (χ1v) is 2.80. The number of hydrogen-bond donors (Lipinski definition) is 0. The molecule has 0 bridgehead atoms. The molecule has 0 spiro atoms. The van der Waals surface area contributed by atoms with Crippen LogP contribution in [0.2, 0.25) is 0 Å². The number of nitrogens with zero attached hydrogens (tertiary/aromatic N) is 1. The van der Waals surface area contributed by atoms with Crippen molar-refractivity contribution in [1.82, 2.24) is 4.90 Å². The Bertz CT molecular complexity index is 97.0. The smallest absolute Gasteiger partial charge is 0.408 e. The molecule has 0 rings (SSSR count). The Labute approximate surface area is 56.4 Å². The summed E-state index contributed by atoms with van der Waals surface area (Å²) in [7, 11) is 6.71. The summed E-state index contributed by atoms with van der Waals surface area (Å²) in [6.07, 6.45) is -0.182. The van der Waals surface area contributed by atoms with Gasteiger partial charge in [-0.1, -0.05) is 0 Å². The lowest BCUT2D eigenvalue weighted by molar-refractivity contribution is 0.121. The third-order valence-corrected chi connectivity index (χ3v) is 0.853. The quantitative estimate of drug-likeness (QED) is 0.496. The van der Waals surface area contributed by atoms with Crippen molar-refractivity contribution in [2.24, 2.45) is 0 Å². The molecule has 0 atom stereocenters. The molecule has 50 valence electrons. The van der Waals surface area contributed by atoms with Crippen LogP contribution in [0.5, 0.6) is 0 Å². The molecule has 0 N–H and O–H groups in total. The second-order valence-corrected chi connectivity index (χ2v) is 1.58. The van der Waals surface area contributed by atoms with Crippen LogP contribution in [0.3, 0.4) is 0 Å². The summed E-state index contributed by atoms with van der Waals surface area (Å²) >= 11 is 0. The zero-order chi connectivity index (χ0) is 7.28. The van der Waals surface area contributed by atoms with Crippen molar-refractivity contribution < 1.29 is 9.53 Å². The van der Waals surface area contributed by atoms with Gasteiger partial charge in [-0.05, 0) is 13.4 Å². The Kier molecular flexibility index (Phi) is 3.92. The van der Waals surface area contributed by atoms with E-state index in [0.717, 1.165) is 0 Å². The minimum absolute atomic E-state index is 0.193. The molecular weight excluding hydrogens is 117 g/mol. The minimum atomic E-state index is -0.375. The van der Waals surface area contributed by atoms with Gasteiger partial charge in [0.05, 0.1) is 14.5 Å². The first-order chi connectivity index (χ1) is 4.22. The first kappa shape index (κ1) is 8.33. The molecule has 0 aliphatic rings. The number of ether oxygens (including phenoxy) is 1. The lowest BCUT2D eigenvalue weighted by Crippen LogP contribution is -2.28. The molecule has 4 heteroatoms. The van der Waals surface area contributed by atoms with Gasteiger partial charge in [0.15, 0.2) is 0 Å². The van der Waals surface area contributed by atoms with Gasteiger partial charge in [0.25, 0.3) is 0 Å². The van der Waals surface area contributed by atoms with Gasteiger partial charge in [-0.2, -0.15) is 0 Å². The van der Waals surface area contributed by atoms with Gasteiger partial charge in [0.2, 0.25) is 0 Å². The molecule has 1 amide bonds. The molecule has 0 aromatic carbocycles. The van der Waals surface area contributed by atoms with Crippen molar-refractivity contribution in [3.63, 3.8) is 0 Å². The van der Waals surface area contributed by atoms with Gasteiger partial charge in [-0.25, -0.2) is 4.79 Å². The van der Waals surface area contributed by atoms with Crippen LogP contribution in [0.25, 0.3) is 0 Å². The Hall–Kier alpha value is -0.665.